The fourth-order valence-electron chi connectivity index (χ4n) is 2.97. The van der Waals surface area contributed by atoms with Gasteiger partial charge < -0.3 is 20.3 Å². The van der Waals surface area contributed by atoms with E-state index >= 15 is 0 Å². The minimum atomic E-state index is 0.114. The highest BCUT2D eigenvalue weighted by Gasteiger charge is 2.17. The number of hydrogen-bond donors (Lipinski definition) is 2. The van der Waals surface area contributed by atoms with Gasteiger partial charge in [-0.25, -0.2) is 4.99 Å². The summed E-state index contributed by atoms with van der Waals surface area (Å²) in [6.45, 7) is 8.44. The van der Waals surface area contributed by atoms with E-state index < -0.39 is 0 Å². The summed E-state index contributed by atoms with van der Waals surface area (Å²) in [6, 6.07) is 8.26. The van der Waals surface area contributed by atoms with Crippen LogP contribution < -0.4 is 15.4 Å². The van der Waals surface area contributed by atoms with Crippen molar-refractivity contribution in [3.8, 4) is 5.75 Å². The SMILES string of the molecule is CCCCOc1ccc(CCNC(=NCC(=O)N2CCCC2)NCC)cc1. The molecule has 1 saturated heterocycles. The molecule has 1 aliphatic rings. The number of carbonyl (C=O) groups excluding carboxylic acids is 1. The maximum atomic E-state index is 12.1. The van der Waals surface area contributed by atoms with Gasteiger partial charge in [0.25, 0.3) is 0 Å². The van der Waals surface area contributed by atoms with Crippen molar-refractivity contribution < 1.29 is 9.53 Å². The van der Waals surface area contributed by atoms with Crippen LogP contribution in [0.2, 0.25) is 0 Å². The average Bonchev–Trinajstić information content (AvgIpc) is 3.22. The van der Waals surface area contributed by atoms with Crippen LogP contribution in [0.1, 0.15) is 45.1 Å². The first-order valence-electron chi connectivity index (χ1n) is 10.2. The lowest BCUT2D eigenvalue weighted by Gasteiger charge is -2.15. The first-order valence-corrected chi connectivity index (χ1v) is 10.2. The van der Waals surface area contributed by atoms with E-state index in [0.29, 0.717) is 5.96 Å². The van der Waals surface area contributed by atoms with E-state index in [1.165, 1.54) is 5.56 Å². The van der Waals surface area contributed by atoms with E-state index in [2.05, 4.69) is 34.7 Å². The normalized spacial score (nSPS) is 14.3. The molecule has 0 bridgehead atoms. The van der Waals surface area contributed by atoms with Gasteiger partial charge in [-0.15, -0.1) is 0 Å². The molecule has 0 saturated carbocycles. The molecule has 1 fully saturated rings. The molecule has 0 atom stereocenters. The van der Waals surface area contributed by atoms with Crippen LogP contribution in [0.4, 0.5) is 0 Å². The molecule has 1 heterocycles. The van der Waals surface area contributed by atoms with Crippen LogP contribution in [0.3, 0.4) is 0 Å². The molecule has 1 aliphatic heterocycles. The number of nitrogens with one attached hydrogen (secondary N) is 2. The Morgan fingerprint density at radius 1 is 1.15 bits per heavy atom. The van der Waals surface area contributed by atoms with Crippen molar-refractivity contribution in [2.75, 3.05) is 39.3 Å². The van der Waals surface area contributed by atoms with Gasteiger partial charge in [-0.2, -0.15) is 0 Å². The van der Waals surface area contributed by atoms with Gasteiger partial charge >= 0.3 is 0 Å². The Labute approximate surface area is 163 Å². The van der Waals surface area contributed by atoms with E-state index in [0.717, 1.165) is 70.6 Å². The van der Waals surface area contributed by atoms with Crippen LogP contribution in [0.5, 0.6) is 5.75 Å². The van der Waals surface area contributed by atoms with Crippen LogP contribution in [-0.4, -0.2) is 56.1 Å². The summed E-state index contributed by atoms with van der Waals surface area (Å²) in [6.07, 6.45) is 5.33. The largest absolute Gasteiger partial charge is 0.494 e. The number of unbranched alkanes of at least 4 members (excludes halogenated alkanes) is 1. The van der Waals surface area contributed by atoms with Crippen molar-refractivity contribution in [3.63, 3.8) is 0 Å². The van der Waals surface area contributed by atoms with Crippen LogP contribution in [0, 0.1) is 0 Å². The Balaban J connectivity index is 1.74. The Hall–Kier alpha value is -2.24. The number of carbonyl (C=O) groups is 1. The lowest BCUT2D eigenvalue weighted by atomic mass is 10.1. The molecule has 1 amide bonds. The van der Waals surface area contributed by atoms with Gasteiger partial charge in [-0.05, 0) is 50.3 Å². The maximum absolute atomic E-state index is 12.1. The van der Waals surface area contributed by atoms with Crippen molar-refractivity contribution in [1.29, 1.82) is 0 Å². The van der Waals surface area contributed by atoms with Gasteiger partial charge in [-0.3, -0.25) is 4.79 Å². The van der Waals surface area contributed by atoms with Crippen LogP contribution in [0.15, 0.2) is 29.3 Å². The summed E-state index contributed by atoms with van der Waals surface area (Å²) in [5, 5.41) is 6.51. The maximum Gasteiger partial charge on any atom is 0.244 e. The van der Waals surface area contributed by atoms with Crippen LogP contribution >= 0.6 is 0 Å². The predicted octanol–water partition coefficient (Wildman–Crippen LogP) is 2.59. The standard InChI is InChI=1S/C21H34N4O2/c1-3-5-16-27-19-10-8-18(9-11-19)12-13-23-21(22-4-2)24-17-20(26)25-14-6-7-15-25/h8-11H,3-7,12-17H2,1-2H3,(H2,22,23,24). The summed E-state index contributed by atoms with van der Waals surface area (Å²) < 4.78 is 5.69. The zero-order valence-corrected chi connectivity index (χ0v) is 16.8. The van der Waals surface area contributed by atoms with E-state index in [-0.39, 0.29) is 12.5 Å². The third-order valence-electron chi connectivity index (χ3n) is 4.57. The second-order valence-corrected chi connectivity index (χ2v) is 6.81. The monoisotopic (exact) mass is 374 g/mol. The lowest BCUT2D eigenvalue weighted by Crippen LogP contribution is -2.39. The molecule has 1 aromatic rings. The number of nitrogens with zero attached hydrogens (tertiary/aromatic N) is 2. The molecular weight excluding hydrogens is 340 g/mol. The van der Waals surface area contributed by atoms with Gasteiger partial charge in [0.15, 0.2) is 5.96 Å². The highest BCUT2D eigenvalue weighted by atomic mass is 16.5. The number of benzene rings is 1. The molecule has 0 unspecified atom stereocenters. The second kappa shape index (κ2) is 12.2. The molecule has 0 aliphatic carbocycles. The van der Waals surface area contributed by atoms with E-state index in [4.69, 9.17) is 4.74 Å². The van der Waals surface area contributed by atoms with Gasteiger partial charge in [-0.1, -0.05) is 25.5 Å². The predicted molar refractivity (Wildman–Crippen MR) is 110 cm³/mol. The zero-order valence-electron chi connectivity index (χ0n) is 16.8. The zero-order chi connectivity index (χ0) is 19.3. The molecule has 1 aromatic carbocycles. The third kappa shape index (κ3) is 7.89. The third-order valence-corrected chi connectivity index (χ3v) is 4.57. The van der Waals surface area contributed by atoms with Crippen molar-refractivity contribution in [1.82, 2.24) is 15.5 Å². The van der Waals surface area contributed by atoms with Crippen molar-refractivity contribution >= 4 is 11.9 Å². The molecule has 27 heavy (non-hydrogen) atoms. The summed E-state index contributed by atoms with van der Waals surface area (Å²) >= 11 is 0. The Bertz CT molecular complexity index is 580. The minimum absolute atomic E-state index is 0.114. The smallest absolute Gasteiger partial charge is 0.244 e. The fourth-order valence-corrected chi connectivity index (χ4v) is 2.97. The summed E-state index contributed by atoms with van der Waals surface area (Å²) in [4.78, 5) is 18.5. The number of aliphatic imine (C=N–C) groups is 1. The summed E-state index contributed by atoms with van der Waals surface area (Å²) in [5.41, 5.74) is 1.24. The number of ether oxygens (including phenoxy) is 1. The average molecular weight is 375 g/mol. The van der Waals surface area contributed by atoms with E-state index in [1.807, 2.05) is 24.0 Å². The van der Waals surface area contributed by atoms with Gasteiger partial charge in [0, 0.05) is 26.2 Å². The number of guanidine groups is 1. The van der Waals surface area contributed by atoms with Crippen LogP contribution in [-0.2, 0) is 11.2 Å². The highest BCUT2D eigenvalue weighted by Crippen LogP contribution is 2.13. The van der Waals surface area contributed by atoms with Crippen molar-refractivity contribution in [2.24, 2.45) is 4.99 Å². The number of amides is 1. The molecule has 0 radical (unpaired) electrons. The van der Waals surface area contributed by atoms with Crippen molar-refractivity contribution in [2.45, 2.75) is 46.0 Å². The molecule has 0 aromatic heterocycles. The summed E-state index contributed by atoms with van der Waals surface area (Å²) in [7, 11) is 0. The minimum Gasteiger partial charge on any atom is -0.494 e. The Morgan fingerprint density at radius 2 is 1.89 bits per heavy atom. The molecule has 0 spiro atoms. The van der Waals surface area contributed by atoms with Crippen molar-refractivity contribution in [3.05, 3.63) is 29.8 Å². The summed E-state index contributed by atoms with van der Waals surface area (Å²) in [5.74, 6) is 1.74. The Morgan fingerprint density at radius 3 is 2.56 bits per heavy atom. The molecule has 6 heteroatoms. The molecule has 150 valence electrons. The van der Waals surface area contributed by atoms with Gasteiger partial charge in [0.05, 0.1) is 6.61 Å². The number of rotatable bonds is 10. The molecule has 6 nitrogen and oxygen atoms in total. The Kier molecular flexibility index (Phi) is 9.52. The van der Waals surface area contributed by atoms with E-state index in [9.17, 15) is 4.79 Å². The second-order valence-electron chi connectivity index (χ2n) is 6.81. The number of likely N-dealkylation sites (tertiary alicyclic amines) is 1. The lowest BCUT2D eigenvalue weighted by molar-refractivity contribution is -0.128. The van der Waals surface area contributed by atoms with Gasteiger partial charge in [0.2, 0.25) is 5.91 Å². The first-order chi connectivity index (χ1) is 13.2. The highest BCUT2D eigenvalue weighted by molar-refractivity contribution is 5.85. The topological polar surface area (TPSA) is 66.0 Å². The number of hydrogen-bond acceptors (Lipinski definition) is 3. The molecule has 2 rings (SSSR count). The van der Waals surface area contributed by atoms with Crippen LogP contribution in [0.25, 0.3) is 0 Å². The quantitative estimate of drug-likeness (QED) is 0.375. The molecular formula is C21H34N4O2. The van der Waals surface area contributed by atoms with E-state index in [1.54, 1.807) is 0 Å². The van der Waals surface area contributed by atoms with Gasteiger partial charge in [0.1, 0.15) is 12.3 Å². The fraction of sp³-hybridized carbons (Fsp3) is 0.619. The molecule has 2 N–H and O–H groups in total. The first kappa shape index (κ1) is 21.1.